The van der Waals surface area contributed by atoms with Gasteiger partial charge in [0.2, 0.25) is 0 Å². The molecule has 0 radical (unpaired) electrons. The number of anilines is 2. The molecule has 1 saturated heterocycles. The summed E-state index contributed by atoms with van der Waals surface area (Å²) in [6.45, 7) is 7.18. The molecule has 1 aromatic heterocycles. The van der Waals surface area contributed by atoms with Gasteiger partial charge in [-0.25, -0.2) is 4.39 Å². The van der Waals surface area contributed by atoms with Crippen molar-refractivity contribution >= 4 is 46.3 Å². The van der Waals surface area contributed by atoms with E-state index in [1.54, 1.807) is 11.0 Å². The van der Waals surface area contributed by atoms with Crippen LogP contribution in [0.2, 0.25) is 0 Å². The fourth-order valence-electron chi connectivity index (χ4n) is 3.95. The SMILES string of the molecule is [C-]#[N+]c1ncc(N2C(=O)C3(CCC3)N(c3ccc(C(=O)NC)c(F)c3)C2=S)cc1OC. The van der Waals surface area contributed by atoms with E-state index in [1.807, 2.05) is 0 Å². The topological polar surface area (TPSA) is 79.1 Å². The number of carbonyl (C=O) groups excluding carboxylic acids is 2. The highest BCUT2D eigenvalue weighted by Gasteiger charge is 2.59. The first-order valence-corrected chi connectivity index (χ1v) is 9.90. The van der Waals surface area contributed by atoms with E-state index in [4.69, 9.17) is 23.5 Å². The fraction of sp³-hybridized carbons (Fsp3) is 0.286. The Morgan fingerprint density at radius 3 is 2.65 bits per heavy atom. The van der Waals surface area contributed by atoms with Crippen LogP contribution in [0, 0.1) is 12.4 Å². The number of hydrogen-bond acceptors (Lipinski definition) is 5. The van der Waals surface area contributed by atoms with Gasteiger partial charge < -0.3 is 19.8 Å². The number of nitrogens with one attached hydrogen (secondary N) is 1. The van der Waals surface area contributed by atoms with Crippen LogP contribution in [0.25, 0.3) is 4.85 Å². The number of pyridine rings is 1. The van der Waals surface area contributed by atoms with Crippen molar-refractivity contribution in [2.75, 3.05) is 24.0 Å². The quantitative estimate of drug-likeness (QED) is 0.582. The van der Waals surface area contributed by atoms with Crippen molar-refractivity contribution < 1.29 is 18.7 Å². The number of rotatable bonds is 4. The fourth-order valence-corrected chi connectivity index (χ4v) is 4.42. The second-order valence-electron chi connectivity index (χ2n) is 7.22. The minimum absolute atomic E-state index is 0.0749. The van der Waals surface area contributed by atoms with Crippen molar-refractivity contribution in [2.24, 2.45) is 0 Å². The zero-order valence-corrected chi connectivity index (χ0v) is 17.6. The van der Waals surface area contributed by atoms with Crippen LogP contribution in [0.3, 0.4) is 0 Å². The van der Waals surface area contributed by atoms with Crippen LogP contribution in [0.4, 0.5) is 21.6 Å². The third-order valence-corrected chi connectivity index (χ3v) is 6.04. The molecule has 2 amide bonds. The van der Waals surface area contributed by atoms with Crippen LogP contribution >= 0.6 is 12.2 Å². The number of amides is 2. The molecule has 2 heterocycles. The molecule has 2 aliphatic rings. The Kier molecular flexibility index (Phi) is 5.07. The molecule has 158 valence electrons. The summed E-state index contributed by atoms with van der Waals surface area (Å²) in [6.07, 6.45) is 3.35. The number of aromatic nitrogens is 1. The number of benzene rings is 1. The van der Waals surface area contributed by atoms with Crippen molar-refractivity contribution in [3.8, 4) is 5.75 Å². The van der Waals surface area contributed by atoms with Crippen LogP contribution in [-0.2, 0) is 4.79 Å². The lowest BCUT2D eigenvalue weighted by molar-refractivity contribution is -0.123. The molecular weight excluding hydrogens is 421 g/mol. The normalized spacial score (nSPS) is 16.8. The van der Waals surface area contributed by atoms with Crippen LogP contribution in [0.15, 0.2) is 30.5 Å². The van der Waals surface area contributed by atoms with Crippen molar-refractivity contribution in [3.63, 3.8) is 0 Å². The maximum atomic E-state index is 14.7. The number of methoxy groups -OCH3 is 1. The second-order valence-corrected chi connectivity index (χ2v) is 7.58. The molecule has 0 bridgehead atoms. The summed E-state index contributed by atoms with van der Waals surface area (Å²) in [5, 5.41) is 2.57. The molecule has 4 rings (SSSR count). The van der Waals surface area contributed by atoms with Crippen LogP contribution < -0.4 is 19.9 Å². The van der Waals surface area contributed by atoms with E-state index in [1.165, 1.54) is 43.5 Å². The summed E-state index contributed by atoms with van der Waals surface area (Å²) in [5.74, 6) is -1.18. The highest BCUT2D eigenvalue weighted by atomic mass is 32.1. The number of nitrogens with zero attached hydrogens (tertiary/aromatic N) is 4. The average molecular weight is 439 g/mol. The monoisotopic (exact) mass is 439 g/mol. The zero-order valence-electron chi connectivity index (χ0n) is 16.8. The Labute approximate surface area is 183 Å². The van der Waals surface area contributed by atoms with E-state index >= 15 is 0 Å². The predicted octanol–water partition coefficient (Wildman–Crippen LogP) is 3.20. The smallest absolute Gasteiger partial charge is 0.312 e. The van der Waals surface area contributed by atoms with Gasteiger partial charge in [-0.15, -0.1) is 4.98 Å². The number of hydrogen-bond donors (Lipinski definition) is 1. The van der Waals surface area contributed by atoms with Crippen molar-refractivity contribution in [1.82, 2.24) is 10.3 Å². The van der Waals surface area contributed by atoms with E-state index in [0.29, 0.717) is 24.2 Å². The average Bonchev–Trinajstić information content (AvgIpc) is 2.99. The lowest BCUT2D eigenvalue weighted by Gasteiger charge is -2.43. The molecule has 1 spiro atoms. The largest absolute Gasteiger partial charge is 0.506 e. The summed E-state index contributed by atoms with van der Waals surface area (Å²) in [7, 11) is 2.84. The maximum absolute atomic E-state index is 14.7. The summed E-state index contributed by atoms with van der Waals surface area (Å²) in [6, 6.07) is 5.71. The molecule has 1 aliphatic carbocycles. The molecule has 0 atom stereocenters. The molecular formula is C21H18FN5O3S. The third-order valence-electron chi connectivity index (χ3n) is 5.68. The molecule has 1 aromatic carbocycles. The Morgan fingerprint density at radius 2 is 2.10 bits per heavy atom. The zero-order chi connectivity index (χ0) is 22.3. The Bertz CT molecular complexity index is 1160. The van der Waals surface area contributed by atoms with Crippen LogP contribution in [0.1, 0.15) is 29.6 Å². The van der Waals surface area contributed by atoms with Gasteiger partial charge in [0.15, 0.2) is 5.11 Å². The van der Waals surface area contributed by atoms with E-state index in [-0.39, 0.29) is 28.2 Å². The molecule has 10 heteroatoms. The minimum Gasteiger partial charge on any atom is -0.506 e. The second kappa shape index (κ2) is 7.59. The summed E-state index contributed by atoms with van der Waals surface area (Å²) in [4.78, 5) is 35.7. The lowest BCUT2D eigenvalue weighted by atomic mass is 9.75. The molecule has 1 saturated carbocycles. The Morgan fingerprint density at radius 1 is 1.35 bits per heavy atom. The number of thiocarbonyl (C=S) groups is 1. The number of carbonyl (C=O) groups is 2. The van der Waals surface area contributed by atoms with Gasteiger partial charge in [-0.05, 0) is 55.7 Å². The first kappa shape index (κ1) is 20.7. The first-order chi connectivity index (χ1) is 14.9. The molecule has 2 fully saturated rings. The van der Waals surface area contributed by atoms with Gasteiger partial charge in [-0.3, -0.25) is 14.5 Å². The van der Waals surface area contributed by atoms with E-state index in [9.17, 15) is 14.0 Å². The van der Waals surface area contributed by atoms with Gasteiger partial charge in [0.05, 0.1) is 18.4 Å². The van der Waals surface area contributed by atoms with Gasteiger partial charge >= 0.3 is 5.82 Å². The molecule has 2 aromatic rings. The standard InChI is InChI=1S/C21H18FN5O3S/c1-23-17-16(30-3)10-13(11-25-17)26-19(29)21(7-4-8-21)27(20(26)31)12-5-6-14(15(22)9-12)18(28)24-2/h5-6,9-11H,4,7-8H2,2-3H3,(H,24,28). The van der Waals surface area contributed by atoms with Crippen LogP contribution in [0.5, 0.6) is 5.75 Å². The Balaban J connectivity index is 1.78. The maximum Gasteiger partial charge on any atom is 0.312 e. The lowest BCUT2D eigenvalue weighted by Crippen LogP contribution is -2.55. The third kappa shape index (κ3) is 3.00. The Hall–Kier alpha value is -3.58. The molecule has 1 N–H and O–H groups in total. The van der Waals surface area contributed by atoms with E-state index in [0.717, 1.165) is 6.42 Å². The molecule has 0 unspecified atom stereocenters. The molecule has 8 nitrogen and oxygen atoms in total. The van der Waals surface area contributed by atoms with Gasteiger partial charge in [-0.1, -0.05) is 6.57 Å². The van der Waals surface area contributed by atoms with Crippen molar-refractivity contribution in [3.05, 3.63) is 53.3 Å². The van der Waals surface area contributed by atoms with Gasteiger partial charge in [0, 0.05) is 12.7 Å². The summed E-state index contributed by atoms with van der Waals surface area (Å²) < 4.78 is 19.9. The minimum atomic E-state index is -0.913. The molecule has 1 aliphatic heterocycles. The van der Waals surface area contributed by atoms with Gasteiger partial charge in [0.1, 0.15) is 23.3 Å². The van der Waals surface area contributed by atoms with Crippen LogP contribution in [-0.4, -0.2) is 41.6 Å². The number of halogens is 1. The highest BCUT2D eigenvalue weighted by Crippen LogP contribution is 2.48. The van der Waals surface area contributed by atoms with Gasteiger partial charge in [0.25, 0.3) is 11.8 Å². The summed E-state index contributed by atoms with van der Waals surface area (Å²) in [5.41, 5.74) is -0.242. The number of ether oxygens (including phenoxy) is 1. The van der Waals surface area contributed by atoms with E-state index < -0.39 is 17.3 Å². The summed E-state index contributed by atoms with van der Waals surface area (Å²) >= 11 is 5.64. The van der Waals surface area contributed by atoms with Gasteiger partial charge in [-0.2, -0.15) is 0 Å². The van der Waals surface area contributed by atoms with Crippen molar-refractivity contribution in [2.45, 2.75) is 24.8 Å². The van der Waals surface area contributed by atoms with E-state index in [2.05, 4.69) is 15.1 Å². The predicted molar refractivity (Wildman–Crippen MR) is 116 cm³/mol. The first-order valence-electron chi connectivity index (χ1n) is 9.50. The molecule has 31 heavy (non-hydrogen) atoms. The van der Waals surface area contributed by atoms with Crippen molar-refractivity contribution in [1.29, 1.82) is 0 Å². The highest BCUT2D eigenvalue weighted by molar-refractivity contribution is 7.81.